The molecule has 1 fully saturated rings. The van der Waals surface area contributed by atoms with Gasteiger partial charge < -0.3 is 14.8 Å². The number of hydrogen-bond donors (Lipinski definition) is 0. The Morgan fingerprint density at radius 2 is 1.70 bits per heavy atom. The van der Waals surface area contributed by atoms with Gasteiger partial charge in [-0.05, 0) is 43.4 Å². The summed E-state index contributed by atoms with van der Waals surface area (Å²) >= 11 is 1.81. The number of thiazole rings is 1. The molecule has 0 bridgehead atoms. The predicted octanol–water partition coefficient (Wildman–Crippen LogP) is 1.16. The van der Waals surface area contributed by atoms with Crippen LogP contribution in [0.3, 0.4) is 0 Å². The van der Waals surface area contributed by atoms with Crippen molar-refractivity contribution >= 4 is 28.1 Å². The van der Waals surface area contributed by atoms with Crippen molar-refractivity contribution in [3.8, 4) is 0 Å². The minimum atomic E-state index is -1.14. The summed E-state index contributed by atoms with van der Waals surface area (Å²) in [6.45, 7) is 9.22. The van der Waals surface area contributed by atoms with E-state index in [9.17, 15) is 9.90 Å². The molecule has 1 aromatic carbocycles. The minimum Gasteiger partial charge on any atom is -0.545 e. The van der Waals surface area contributed by atoms with Crippen LogP contribution in [0.5, 0.6) is 0 Å². The van der Waals surface area contributed by atoms with Gasteiger partial charge in [-0.3, -0.25) is 0 Å². The van der Waals surface area contributed by atoms with Crippen molar-refractivity contribution in [3.05, 3.63) is 40.4 Å². The Morgan fingerprint density at radius 3 is 2.22 bits per heavy atom. The third kappa shape index (κ3) is 3.84. The first-order valence-corrected chi connectivity index (χ1v) is 10.1. The summed E-state index contributed by atoms with van der Waals surface area (Å²) in [5.74, 6) is -1.14. The molecule has 0 unspecified atom stereocenters. The van der Waals surface area contributed by atoms with Gasteiger partial charge in [-0.25, -0.2) is 4.98 Å². The summed E-state index contributed by atoms with van der Waals surface area (Å²) in [4.78, 5) is 19.9. The summed E-state index contributed by atoms with van der Waals surface area (Å²) in [5.41, 5.74) is 2.73. The Bertz CT molecular complexity index is 820. The molecule has 4 rings (SSSR count). The zero-order valence-corrected chi connectivity index (χ0v) is 19.7. The number of aromatic carboxylic acids is 1. The van der Waals surface area contributed by atoms with Gasteiger partial charge in [0, 0.05) is 27.4 Å². The molecule has 2 aliphatic rings. The number of aromatic nitrogens is 1. The zero-order valence-electron chi connectivity index (χ0n) is 16.8. The van der Waals surface area contributed by atoms with Crippen LogP contribution >= 0.6 is 11.3 Å². The largest absolute Gasteiger partial charge is 1.00 e. The first kappa shape index (κ1) is 20.8. The molecule has 1 saturated carbocycles. The van der Waals surface area contributed by atoms with Gasteiger partial charge in [0.15, 0.2) is 5.13 Å². The van der Waals surface area contributed by atoms with Crippen LogP contribution in [0.1, 0.15) is 74.3 Å². The van der Waals surface area contributed by atoms with Gasteiger partial charge in [-0.15, -0.1) is 11.3 Å². The van der Waals surface area contributed by atoms with Gasteiger partial charge >= 0.3 is 29.6 Å². The number of benzene rings is 1. The molecule has 0 spiro atoms. The molecular formula is C21H25N2NaO2S. The summed E-state index contributed by atoms with van der Waals surface area (Å²) in [5, 5.41) is 12.1. The van der Waals surface area contributed by atoms with Crippen LogP contribution in [-0.4, -0.2) is 17.0 Å². The van der Waals surface area contributed by atoms with Crippen molar-refractivity contribution in [3.63, 3.8) is 0 Å². The Balaban J connectivity index is 0.00000210. The van der Waals surface area contributed by atoms with Crippen molar-refractivity contribution in [2.24, 2.45) is 0 Å². The second-order valence-corrected chi connectivity index (χ2v) is 9.85. The smallest absolute Gasteiger partial charge is 0.545 e. The van der Waals surface area contributed by atoms with E-state index in [4.69, 9.17) is 4.98 Å². The third-order valence-electron chi connectivity index (χ3n) is 5.75. The first-order valence-electron chi connectivity index (χ1n) is 9.31. The van der Waals surface area contributed by atoms with E-state index < -0.39 is 5.97 Å². The molecule has 0 aliphatic heterocycles. The van der Waals surface area contributed by atoms with Crippen LogP contribution in [0.25, 0.3) is 0 Å². The maximum Gasteiger partial charge on any atom is 1.00 e. The van der Waals surface area contributed by atoms with E-state index in [1.807, 2.05) is 23.5 Å². The van der Waals surface area contributed by atoms with E-state index in [1.165, 1.54) is 17.0 Å². The van der Waals surface area contributed by atoms with Crippen molar-refractivity contribution < 1.29 is 39.5 Å². The van der Waals surface area contributed by atoms with Gasteiger partial charge in [0.05, 0.1) is 11.7 Å². The van der Waals surface area contributed by atoms with E-state index in [-0.39, 0.29) is 46.0 Å². The summed E-state index contributed by atoms with van der Waals surface area (Å²) in [6.07, 6.45) is 4.64. The molecule has 1 aromatic heterocycles. The second kappa shape index (κ2) is 7.18. The molecule has 2 aliphatic carbocycles. The van der Waals surface area contributed by atoms with E-state index in [0.717, 1.165) is 30.1 Å². The first-order chi connectivity index (χ1) is 12.2. The molecule has 0 amide bonds. The van der Waals surface area contributed by atoms with Crippen molar-refractivity contribution in [1.29, 1.82) is 0 Å². The number of hydrogen-bond acceptors (Lipinski definition) is 5. The van der Waals surface area contributed by atoms with Crippen LogP contribution in [0.2, 0.25) is 0 Å². The summed E-state index contributed by atoms with van der Waals surface area (Å²) in [6, 6.07) is 7.46. The number of rotatable bonds is 4. The monoisotopic (exact) mass is 392 g/mol. The average molecular weight is 393 g/mol. The fourth-order valence-corrected chi connectivity index (χ4v) is 5.22. The molecule has 4 nitrogen and oxygen atoms in total. The van der Waals surface area contributed by atoms with E-state index >= 15 is 0 Å². The maximum atomic E-state index is 11.0. The Kier molecular flexibility index (Phi) is 5.54. The standard InChI is InChI=1S/C21H26N2O2S.Na/c1-20(2)11-12-21(3,4)17-16(20)22-19(26-17)23(15-9-10-15)14-7-5-13(6-8-14)18(24)25;/h5-8,15H,9-12H2,1-4H3,(H,24,25);/q;+1/p-1. The summed E-state index contributed by atoms with van der Waals surface area (Å²) in [7, 11) is 0. The Labute approximate surface area is 187 Å². The molecular weight excluding hydrogens is 367 g/mol. The van der Waals surface area contributed by atoms with Gasteiger partial charge in [0.2, 0.25) is 0 Å². The third-order valence-corrected chi connectivity index (χ3v) is 7.17. The topological polar surface area (TPSA) is 56.3 Å². The SMILES string of the molecule is CC1(C)CCC(C)(C)c2sc(N(c3ccc(C(=O)[O-])cc3)C3CC3)nc21.[Na+]. The Hall–Kier alpha value is -0.880. The number of carbonyl (C=O) groups is 1. The van der Waals surface area contributed by atoms with Crippen LogP contribution in [-0.2, 0) is 10.8 Å². The van der Waals surface area contributed by atoms with E-state index in [2.05, 4.69) is 32.6 Å². The molecule has 0 saturated heterocycles. The summed E-state index contributed by atoms with van der Waals surface area (Å²) < 4.78 is 0. The molecule has 0 radical (unpaired) electrons. The quantitative estimate of drug-likeness (QED) is 0.733. The fourth-order valence-electron chi connectivity index (χ4n) is 3.75. The number of nitrogens with zero attached hydrogens (tertiary/aromatic N) is 2. The molecule has 0 atom stereocenters. The molecule has 138 valence electrons. The molecule has 2 aromatic rings. The number of fused-ring (bicyclic) bond motifs is 1. The number of carbonyl (C=O) groups excluding carboxylic acids is 1. The van der Waals surface area contributed by atoms with E-state index in [0.29, 0.717) is 6.04 Å². The predicted molar refractivity (Wildman–Crippen MR) is 103 cm³/mol. The van der Waals surface area contributed by atoms with E-state index in [1.54, 1.807) is 12.1 Å². The average Bonchev–Trinajstić information content (AvgIpc) is 3.29. The van der Waals surface area contributed by atoms with Gasteiger partial charge in [0.25, 0.3) is 0 Å². The van der Waals surface area contributed by atoms with Gasteiger partial charge in [-0.2, -0.15) is 0 Å². The van der Waals surface area contributed by atoms with Crippen molar-refractivity contribution in [2.45, 2.75) is 70.3 Å². The molecule has 6 heteroatoms. The second-order valence-electron chi connectivity index (χ2n) is 8.88. The van der Waals surface area contributed by atoms with Crippen LogP contribution < -0.4 is 39.6 Å². The fraction of sp³-hybridized carbons (Fsp3) is 0.524. The minimum absolute atomic E-state index is 0. The molecule has 1 heterocycles. The van der Waals surface area contributed by atoms with Crippen molar-refractivity contribution in [1.82, 2.24) is 4.98 Å². The van der Waals surface area contributed by atoms with Crippen LogP contribution in [0.15, 0.2) is 24.3 Å². The van der Waals surface area contributed by atoms with Gasteiger partial charge in [0.1, 0.15) is 0 Å². The Morgan fingerprint density at radius 1 is 1.11 bits per heavy atom. The molecule has 27 heavy (non-hydrogen) atoms. The normalized spacial score (nSPS) is 19.7. The number of carboxylic acids is 1. The number of anilines is 2. The van der Waals surface area contributed by atoms with Gasteiger partial charge in [-0.1, -0.05) is 39.8 Å². The van der Waals surface area contributed by atoms with Crippen LogP contribution in [0, 0.1) is 0 Å². The van der Waals surface area contributed by atoms with Crippen molar-refractivity contribution in [2.75, 3.05) is 4.90 Å². The maximum absolute atomic E-state index is 11.0. The van der Waals surface area contributed by atoms with Crippen LogP contribution in [0.4, 0.5) is 10.8 Å². The zero-order chi connectivity index (χ0) is 18.7. The number of carboxylic acid groups (broad SMARTS) is 1. The molecule has 0 N–H and O–H groups in total.